The Kier molecular flexibility index (Phi) is 4.31. The average Bonchev–Trinajstić information content (AvgIpc) is 3.10. The van der Waals surface area contributed by atoms with Crippen molar-refractivity contribution in [2.75, 3.05) is 11.9 Å². The van der Waals surface area contributed by atoms with E-state index in [9.17, 15) is 4.79 Å². The molecule has 0 saturated carbocycles. The number of benzene rings is 1. The highest BCUT2D eigenvalue weighted by molar-refractivity contribution is 9.10. The van der Waals surface area contributed by atoms with E-state index >= 15 is 0 Å². The molecule has 110 valence electrons. The van der Waals surface area contributed by atoms with Crippen molar-refractivity contribution in [2.45, 2.75) is 25.8 Å². The number of halogens is 1. The Balaban J connectivity index is 1.75. The van der Waals surface area contributed by atoms with E-state index in [4.69, 9.17) is 0 Å². The fourth-order valence-corrected chi connectivity index (χ4v) is 4.03. The average molecular weight is 365 g/mol. The largest absolute Gasteiger partial charge is 0.322 e. The molecule has 1 fully saturated rings. The van der Waals surface area contributed by atoms with Gasteiger partial charge in [0.1, 0.15) is 0 Å². The summed E-state index contributed by atoms with van der Waals surface area (Å²) in [5.74, 6) is 0. The number of urea groups is 1. The van der Waals surface area contributed by atoms with Gasteiger partial charge in [-0.15, -0.1) is 0 Å². The minimum Gasteiger partial charge on any atom is -0.317 e. The van der Waals surface area contributed by atoms with Gasteiger partial charge in [-0.2, -0.15) is 11.3 Å². The van der Waals surface area contributed by atoms with Crippen LogP contribution in [0.4, 0.5) is 10.5 Å². The molecule has 1 unspecified atom stereocenters. The molecule has 1 saturated heterocycles. The highest BCUT2D eigenvalue weighted by atomic mass is 79.9. The summed E-state index contributed by atoms with van der Waals surface area (Å²) in [6.07, 6.45) is 2.10. The van der Waals surface area contributed by atoms with Crippen molar-refractivity contribution in [3.63, 3.8) is 0 Å². The number of nitrogens with zero attached hydrogens (tertiary/aromatic N) is 1. The molecule has 2 amide bonds. The molecule has 5 heteroatoms. The predicted molar refractivity (Wildman–Crippen MR) is 90.9 cm³/mol. The second-order valence-corrected chi connectivity index (χ2v) is 6.96. The van der Waals surface area contributed by atoms with Gasteiger partial charge in [-0.25, -0.2) is 4.79 Å². The van der Waals surface area contributed by atoms with Crippen molar-refractivity contribution in [3.05, 3.63) is 50.6 Å². The molecular formula is C16H17BrN2OS. The van der Waals surface area contributed by atoms with Crippen molar-refractivity contribution in [1.82, 2.24) is 4.90 Å². The summed E-state index contributed by atoms with van der Waals surface area (Å²) >= 11 is 5.19. The van der Waals surface area contributed by atoms with Gasteiger partial charge >= 0.3 is 6.03 Å². The fourth-order valence-electron chi connectivity index (χ4n) is 2.73. The first-order chi connectivity index (χ1) is 10.1. The number of likely N-dealkylation sites (tertiary alicyclic amines) is 1. The molecule has 1 N–H and O–H groups in total. The molecule has 1 aliphatic heterocycles. The monoisotopic (exact) mass is 364 g/mol. The second kappa shape index (κ2) is 6.20. The number of carbonyl (C=O) groups excluding carboxylic acids is 1. The molecule has 1 aromatic carbocycles. The van der Waals surface area contributed by atoms with E-state index in [0.717, 1.165) is 35.1 Å². The van der Waals surface area contributed by atoms with Crippen LogP contribution in [0.1, 0.15) is 30.0 Å². The van der Waals surface area contributed by atoms with Gasteiger partial charge < -0.3 is 10.2 Å². The summed E-state index contributed by atoms with van der Waals surface area (Å²) in [7, 11) is 0. The van der Waals surface area contributed by atoms with Crippen molar-refractivity contribution in [2.24, 2.45) is 0 Å². The van der Waals surface area contributed by atoms with Crippen LogP contribution in [0.3, 0.4) is 0 Å². The molecule has 1 aromatic heterocycles. The van der Waals surface area contributed by atoms with Crippen LogP contribution >= 0.6 is 27.3 Å². The Labute approximate surface area is 137 Å². The number of nitrogens with one attached hydrogen (secondary N) is 1. The highest BCUT2D eigenvalue weighted by Gasteiger charge is 2.30. The topological polar surface area (TPSA) is 32.3 Å². The van der Waals surface area contributed by atoms with Crippen LogP contribution < -0.4 is 5.32 Å². The summed E-state index contributed by atoms with van der Waals surface area (Å²) in [5, 5.41) is 7.22. The molecule has 0 aliphatic carbocycles. The van der Waals surface area contributed by atoms with Gasteiger partial charge in [0, 0.05) is 11.0 Å². The predicted octanol–water partition coefficient (Wildman–Crippen LogP) is 5.19. The minimum absolute atomic E-state index is 0.0201. The van der Waals surface area contributed by atoms with Gasteiger partial charge in [0.2, 0.25) is 0 Å². The van der Waals surface area contributed by atoms with Crippen molar-refractivity contribution < 1.29 is 4.79 Å². The quantitative estimate of drug-likeness (QED) is 0.781. The zero-order chi connectivity index (χ0) is 14.8. The van der Waals surface area contributed by atoms with Gasteiger partial charge in [-0.1, -0.05) is 6.07 Å². The number of amides is 2. The number of hydrogen-bond acceptors (Lipinski definition) is 2. The number of rotatable bonds is 2. The van der Waals surface area contributed by atoms with E-state index in [0.29, 0.717) is 0 Å². The second-order valence-electron chi connectivity index (χ2n) is 5.32. The minimum atomic E-state index is -0.0201. The van der Waals surface area contributed by atoms with E-state index in [1.807, 2.05) is 30.0 Å². The zero-order valence-corrected chi connectivity index (χ0v) is 14.2. The van der Waals surface area contributed by atoms with E-state index < -0.39 is 0 Å². The Morgan fingerprint density at radius 3 is 3.00 bits per heavy atom. The SMILES string of the molecule is Cc1ccc(NC(=O)N2CCCC2c2ccsc2)c(Br)c1. The molecule has 21 heavy (non-hydrogen) atoms. The lowest BCUT2D eigenvalue weighted by Crippen LogP contribution is -2.34. The summed E-state index contributed by atoms with van der Waals surface area (Å²) in [6, 6.07) is 8.25. The molecule has 2 heterocycles. The lowest BCUT2D eigenvalue weighted by Gasteiger charge is -2.24. The van der Waals surface area contributed by atoms with Crippen LogP contribution in [0.5, 0.6) is 0 Å². The molecule has 3 nitrogen and oxygen atoms in total. The normalized spacial score (nSPS) is 18.0. The van der Waals surface area contributed by atoms with Gasteiger partial charge in [0.25, 0.3) is 0 Å². The number of hydrogen-bond donors (Lipinski definition) is 1. The third kappa shape index (κ3) is 3.14. The van der Waals surface area contributed by atoms with Crippen molar-refractivity contribution in [1.29, 1.82) is 0 Å². The molecule has 1 atom stereocenters. The standard InChI is InChI=1S/C16H17BrN2OS/c1-11-4-5-14(13(17)9-11)18-16(20)19-7-2-3-15(19)12-6-8-21-10-12/h4-6,8-10,15H,2-3,7H2,1H3,(H,18,20). The Morgan fingerprint density at radius 1 is 1.43 bits per heavy atom. The van der Waals surface area contributed by atoms with Crippen LogP contribution in [-0.4, -0.2) is 17.5 Å². The third-order valence-corrected chi connectivity index (χ3v) is 5.17. The molecule has 0 spiro atoms. The molecule has 0 bridgehead atoms. The molecule has 0 radical (unpaired) electrons. The smallest absolute Gasteiger partial charge is 0.317 e. The van der Waals surface area contributed by atoms with Gasteiger partial charge in [0.05, 0.1) is 11.7 Å². The maximum atomic E-state index is 12.6. The Hall–Kier alpha value is -1.33. The summed E-state index contributed by atoms with van der Waals surface area (Å²) < 4.78 is 0.919. The highest BCUT2D eigenvalue weighted by Crippen LogP contribution is 2.34. The fraction of sp³-hybridized carbons (Fsp3) is 0.312. The lowest BCUT2D eigenvalue weighted by molar-refractivity contribution is 0.207. The first-order valence-electron chi connectivity index (χ1n) is 7.01. The van der Waals surface area contributed by atoms with Crippen molar-refractivity contribution in [3.8, 4) is 0 Å². The van der Waals surface area contributed by atoms with Gasteiger partial charge in [-0.05, 0) is 75.8 Å². The lowest BCUT2D eigenvalue weighted by atomic mass is 10.1. The molecule has 2 aromatic rings. The Bertz CT molecular complexity index is 642. The van der Waals surface area contributed by atoms with Crippen LogP contribution in [0, 0.1) is 6.92 Å². The first kappa shape index (κ1) is 14.6. The summed E-state index contributed by atoms with van der Waals surface area (Å²) in [5.41, 5.74) is 3.23. The maximum absolute atomic E-state index is 12.6. The van der Waals surface area contributed by atoms with E-state index in [2.05, 4.69) is 38.1 Å². The van der Waals surface area contributed by atoms with Gasteiger partial charge in [-0.3, -0.25) is 0 Å². The third-order valence-electron chi connectivity index (χ3n) is 3.81. The van der Waals surface area contributed by atoms with Crippen LogP contribution in [0.25, 0.3) is 0 Å². The molecule has 1 aliphatic rings. The molecule has 3 rings (SSSR count). The number of anilines is 1. The summed E-state index contributed by atoms with van der Waals surface area (Å²) in [6.45, 7) is 2.85. The zero-order valence-electron chi connectivity index (χ0n) is 11.8. The molecular weight excluding hydrogens is 348 g/mol. The van der Waals surface area contributed by atoms with Crippen LogP contribution in [0.2, 0.25) is 0 Å². The first-order valence-corrected chi connectivity index (χ1v) is 8.74. The summed E-state index contributed by atoms with van der Waals surface area (Å²) in [4.78, 5) is 14.5. The van der Waals surface area contributed by atoms with Crippen LogP contribution in [-0.2, 0) is 0 Å². The van der Waals surface area contributed by atoms with E-state index in [-0.39, 0.29) is 12.1 Å². The van der Waals surface area contributed by atoms with E-state index in [1.165, 1.54) is 5.56 Å². The Morgan fingerprint density at radius 2 is 2.29 bits per heavy atom. The van der Waals surface area contributed by atoms with Crippen molar-refractivity contribution >= 4 is 39.0 Å². The maximum Gasteiger partial charge on any atom is 0.322 e. The number of thiophene rings is 1. The van der Waals surface area contributed by atoms with Gasteiger partial charge in [0.15, 0.2) is 0 Å². The van der Waals surface area contributed by atoms with Crippen LogP contribution in [0.15, 0.2) is 39.5 Å². The number of carbonyl (C=O) groups is 1. The number of aryl methyl sites for hydroxylation is 1. The van der Waals surface area contributed by atoms with E-state index in [1.54, 1.807) is 11.3 Å².